The molecule has 1 aromatic carbocycles. The maximum absolute atomic E-state index is 13.4. The number of hydrogen-bond acceptors (Lipinski definition) is 3. The second-order valence-electron chi connectivity index (χ2n) is 4.06. The van der Waals surface area contributed by atoms with Crippen LogP contribution in [0.15, 0.2) is 27.6 Å². The molecule has 1 aromatic rings. The van der Waals surface area contributed by atoms with Gasteiger partial charge in [0.2, 0.25) is 10.0 Å². The van der Waals surface area contributed by atoms with Crippen molar-refractivity contribution in [1.82, 2.24) is 4.31 Å². The zero-order valence-corrected chi connectivity index (χ0v) is 13.0. The van der Waals surface area contributed by atoms with E-state index in [0.717, 1.165) is 6.07 Å². The Bertz CT molecular complexity index is 598. The minimum atomic E-state index is -3.77. The summed E-state index contributed by atoms with van der Waals surface area (Å²) in [6, 6.07) is 5.64. The fraction of sp³-hybridized carbons (Fsp3) is 0.417. The highest BCUT2D eigenvalue weighted by atomic mass is 79.9. The number of rotatable bonds is 5. The van der Waals surface area contributed by atoms with Gasteiger partial charge >= 0.3 is 0 Å². The third-order valence-electron chi connectivity index (χ3n) is 2.58. The van der Waals surface area contributed by atoms with Crippen molar-refractivity contribution in [3.05, 3.63) is 28.5 Å². The summed E-state index contributed by atoms with van der Waals surface area (Å²) in [5.41, 5.74) is 0. The average molecular weight is 349 g/mol. The third-order valence-corrected chi connectivity index (χ3v) is 5.16. The molecule has 1 rings (SSSR count). The summed E-state index contributed by atoms with van der Waals surface area (Å²) in [5.74, 6) is -1.06. The molecular weight excluding hydrogens is 335 g/mol. The van der Waals surface area contributed by atoms with Crippen molar-refractivity contribution in [2.75, 3.05) is 13.1 Å². The van der Waals surface area contributed by atoms with Gasteiger partial charge in [-0.3, -0.25) is 0 Å². The maximum atomic E-state index is 13.4. The molecule has 0 aliphatic rings. The molecule has 1 atom stereocenters. The topological polar surface area (TPSA) is 61.2 Å². The van der Waals surface area contributed by atoms with Crippen LogP contribution >= 0.6 is 15.9 Å². The van der Waals surface area contributed by atoms with E-state index in [1.807, 2.05) is 6.07 Å². The number of nitriles is 1. The molecule has 0 N–H and O–H groups in total. The van der Waals surface area contributed by atoms with Crippen molar-refractivity contribution < 1.29 is 12.8 Å². The van der Waals surface area contributed by atoms with Gasteiger partial charge in [-0.05, 0) is 41.1 Å². The molecule has 0 fully saturated rings. The average Bonchev–Trinajstić information content (AvgIpc) is 2.38. The lowest BCUT2D eigenvalue weighted by Gasteiger charge is -2.21. The molecule has 0 amide bonds. The van der Waals surface area contributed by atoms with Gasteiger partial charge in [-0.1, -0.05) is 6.92 Å². The van der Waals surface area contributed by atoms with Crippen molar-refractivity contribution in [3.63, 3.8) is 0 Å². The number of nitrogens with zero attached hydrogens (tertiary/aromatic N) is 2. The monoisotopic (exact) mass is 348 g/mol. The second kappa shape index (κ2) is 6.46. The quantitative estimate of drug-likeness (QED) is 0.821. The van der Waals surface area contributed by atoms with Gasteiger partial charge in [0.05, 0.1) is 21.4 Å². The van der Waals surface area contributed by atoms with E-state index in [-0.39, 0.29) is 22.5 Å². The van der Waals surface area contributed by atoms with E-state index in [9.17, 15) is 12.8 Å². The van der Waals surface area contributed by atoms with Crippen molar-refractivity contribution >= 4 is 26.0 Å². The Kier molecular flexibility index (Phi) is 5.47. The second-order valence-corrected chi connectivity index (χ2v) is 6.85. The van der Waals surface area contributed by atoms with Crippen LogP contribution in [0.25, 0.3) is 0 Å². The van der Waals surface area contributed by atoms with Crippen LogP contribution in [0.2, 0.25) is 0 Å². The Hall–Kier alpha value is -0.970. The Morgan fingerprint density at radius 2 is 2.16 bits per heavy atom. The number of halogens is 2. The number of sulfonamides is 1. The lowest BCUT2D eigenvalue weighted by Crippen LogP contribution is -2.34. The lowest BCUT2D eigenvalue weighted by molar-refractivity contribution is 0.399. The first-order valence-corrected chi connectivity index (χ1v) is 7.91. The fourth-order valence-corrected chi connectivity index (χ4v) is 3.33. The molecular formula is C12H14BrFN2O2S. The van der Waals surface area contributed by atoms with Crippen LogP contribution in [0.4, 0.5) is 4.39 Å². The predicted molar refractivity (Wildman–Crippen MR) is 73.3 cm³/mol. The normalized spacial score (nSPS) is 13.3. The molecule has 0 spiro atoms. The number of hydrogen-bond donors (Lipinski definition) is 0. The molecule has 19 heavy (non-hydrogen) atoms. The molecule has 0 saturated heterocycles. The van der Waals surface area contributed by atoms with Gasteiger partial charge in [-0.15, -0.1) is 0 Å². The fourth-order valence-electron chi connectivity index (χ4n) is 1.53. The van der Waals surface area contributed by atoms with Crippen molar-refractivity contribution in [3.8, 4) is 6.07 Å². The SMILES string of the molecule is CCN(CC(C)C#N)S(=O)(=O)c1ccc(Br)c(F)c1. The minimum absolute atomic E-state index is 0.0903. The number of benzene rings is 1. The van der Waals surface area contributed by atoms with E-state index in [1.165, 1.54) is 16.4 Å². The zero-order valence-electron chi connectivity index (χ0n) is 10.6. The summed E-state index contributed by atoms with van der Waals surface area (Å²) in [4.78, 5) is -0.111. The minimum Gasteiger partial charge on any atom is -0.207 e. The summed E-state index contributed by atoms with van der Waals surface area (Å²) >= 11 is 2.98. The van der Waals surface area contributed by atoms with Crippen molar-refractivity contribution in [2.45, 2.75) is 18.7 Å². The Labute approximate surface area is 121 Å². The molecule has 104 valence electrons. The van der Waals surface area contributed by atoms with E-state index in [2.05, 4.69) is 15.9 Å². The van der Waals surface area contributed by atoms with E-state index in [1.54, 1.807) is 13.8 Å². The molecule has 0 aliphatic heterocycles. The van der Waals surface area contributed by atoms with Crippen LogP contribution in [0.3, 0.4) is 0 Å². The Morgan fingerprint density at radius 1 is 1.53 bits per heavy atom. The third kappa shape index (κ3) is 3.75. The molecule has 0 aromatic heterocycles. The molecule has 0 bridgehead atoms. The van der Waals surface area contributed by atoms with E-state index in [4.69, 9.17) is 5.26 Å². The maximum Gasteiger partial charge on any atom is 0.243 e. The molecule has 0 saturated carbocycles. The van der Waals surface area contributed by atoms with Gasteiger partial charge in [0.15, 0.2) is 0 Å². The highest BCUT2D eigenvalue weighted by Gasteiger charge is 2.25. The first kappa shape index (κ1) is 16.1. The van der Waals surface area contributed by atoms with Crippen LogP contribution in [0.1, 0.15) is 13.8 Å². The molecule has 7 heteroatoms. The van der Waals surface area contributed by atoms with E-state index in [0.29, 0.717) is 0 Å². The zero-order chi connectivity index (χ0) is 14.6. The summed E-state index contributed by atoms with van der Waals surface area (Å²) in [6.45, 7) is 3.64. The molecule has 0 aliphatic carbocycles. The predicted octanol–water partition coefficient (Wildman–Crippen LogP) is 2.76. The molecule has 0 radical (unpaired) electrons. The summed E-state index contributed by atoms with van der Waals surface area (Å²) < 4.78 is 39.4. The van der Waals surface area contributed by atoms with E-state index < -0.39 is 21.8 Å². The molecule has 4 nitrogen and oxygen atoms in total. The first-order chi connectivity index (χ1) is 8.82. The standard InChI is InChI=1S/C12H14BrFN2O2S/c1-3-16(8-9(2)7-15)19(17,18)10-4-5-11(13)12(14)6-10/h4-6,9H,3,8H2,1-2H3. The van der Waals surface area contributed by atoms with Gasteiger partial charge < -0.3 is 0 Å². The first-order valence-electron chi connectivity index (χ1n) is 5.67. The van der Waals surface area contributed by atoms with Crippen LogP contribution in [0.5, 0.6) is 0 Å². The van der Waals surface area contributed by atoms with Crippen LogP contribution in [0, 0.1) is 23.1 Å². The van der Waals surface area contributed by atoms with Gasteiger partial charge in [0, 0.05) is 13.1 Å². The highest BCUT2D eigenvalue weighted by molar-refractivity contribution is 9.10. The summed E-state index contributed by atoms with van der Waals surface area (Å²) in [5, 5.41) is 8.76. The van der Waals surface area contributed by atoms with Gasteiger partial charge in [-0.25, -0.2) is 12.8 Å². The molecule has 0 heterocycles. The molecule has 1 unspecified atom stereocenters. The van der Waals surface area contributed by atoms with Gasteiger partial charge in [-0.2, -0.15) is 9.57 Å². The van der Waals surface area contributed by atoms with Crippen LogP contribution in [-0.4, -0.2) is 25.8 Å². The van der Waals surface area contributed by atoms with Crippen molar-refractivity contribution in [2.24, 2.45) is 5.92 Å². The smallest absolute Gasteiger partial charge is 0.207 e. The summed E-state index contributed by atoms with van der Waals surface area (Å²) in [6.07, 6.45) is 0. The van der Waals surface area contributed by atoms with Gasteiger partial charge in [0.25, 0.3) is 0 Å². The van der Waals surface area contributed by atoms with E-state index >= 15 is 0 Å². The van der Waals surface area contributed by atoms with Crippen LogP contribution < -0.4 is 0 Å². The largest absolute Gasteiger partial charge is 0.243 e. The van der Waals surface area contributed by atoms with Gasteiger partial charge in [0.1, 0.15) is 5.82 Å². The van der Waals surface area contributed by atoms with Crippen molar-refractivity contribution in [1.29, 1.82) is 5.26 Å². The summed E-state index contributed by atoms with van der Waals surface area (Å²) in [7, 11) is -3.77. The Morgan fingerprint density at radius 3 is 2.63 bits per heavy atom. The highest BCUT2D eigenvalue weighted by Crippen LogP contribution is 2.22. The lowest BCUT2D eigenvalue weighted by atomic mass is 10.2. The van der Waals surface area contributed by atoms with Crippen LogP contribution in [-0.2, 0) is 10.0 Å². The Balaban J connectivity index is 3.14.